The minimum Gasteiger partial charge on any atom is -0.494 e. The average molecular weight is 376 g/mol. The molecule has 0 radical (unpaired) electrons. The first-order valence-corrected chi connectivity index (χ1v) is 9.74. The molecule has 0 bridgehead atoms. The molecule has 1 amide bonds. The van der Waals surface area contributed by atoms with E-state index in [2.05, 4.69) is 20.3 Å². The molecule has 0 fully saturated rings. The molecule has 3 rings (SSSR count). The van der Waals surface area contributed by atoms with E-state index in [1.165, 1.54) is 29.2 Å². The van der Waals surface area contributed by atoms with E-state index in [0.717, 1.165) is 16.0 Å². The maximum Gasteiger partial charge on any atom is 0.276 e. The number of rotatable bonds is 6. The first-order valence-electron chi connectivity index (χ1n) is 7.53. The summed E-state index contributed by atoms with van der Waals surface area (Å²) in [6.07, 6.45) is 1.89. The highest BCUT2D eigenvalue weighted by Gasteiger charge is 2.13. The molecule has 2 heterocycles. The number of carbonyl (C=O) groups excluding carboxylic acids is 1. The van der Waals surface area contributed by atoms with Crippen molar-refractivity contribution in [2.45, 2.75) is 12.7 Å². The second kappa shape index (κ2) is 7.66. The van der Waals surface area contributed by atoms with Gasteiger partial charge < -0.3 is 9.72 Å². The van der Waals surface area contributed by atoms with E-state index in [-0.39, 0.29) is 11.3 Å². The van der Waals surface area contributed by atoms with Crippen LogP contribution in [0.25, 0.3) is 10.2 Å². The summed E-state index contributed by atoms with van der Waals surface area (Å²) in [7, 11) is 0. The summed E-state index contributed by atoms with van der Waals surface area (Å²) < 4.78 is 6.37. The highest BCUT2D eigenvalue weighted by atomic mass is 32.2. The standard InChI is InChI=1S/C16H16N4O3S2/c1-3-23-9-4-5-10-12(6-9)25-16(18-10)20-15(22)11-7-14(21)19-13(17-11)8-24-2/h4-7H,3,8H2,1-2H3,(H,17,19,21)(H,18,20,22). The van der Waals surface area contributed by atoms with Gasteiger partial charge in [-0.05, 0) is 31.4 Å². The van der Waals surface area contributed by atoms with Crippen molar-refractivity contribution < 1.29 is 9.53 Å². The molecule has 9 heteroatoms. The van der Waals surface area contributed by atoms with Gasteiger partial charge in [-0.25, -0.2) is 9.97 Å². The van der Waals surface area contributed by atoms with Crippen molar-refractivity contribution in [1.82, 2.24) is 15.0 Å². The number of hydrogen-bond donors (Lipinski definition) is 2. The lowest BCUT2D eigenvalue weighted by atomic mass is 10.3. The van der Waals surface area contributed by atoms with Gasteiger partial charge >= 0.3 is 0 Å². The number of anilines is 1. The van der Waals surface area contributed by atoms with Crippen molar-refractivity contribution in [2.24, 2.45) is 0 Å². The molecule has 2 aromatic heterocycles. The smallest absolute Gasteiger partial charge is 0.276 e. The van der Waals surface area contributed by atoms with Crippen LogP contribution in [0.1, 0.15) is 23.2 Å². The number of amides is 1. The second-order valence-electron chi connectivity index (χ2n) is 5.05. The van der Waals surface area contributed by atoms with Crippen molar-refractivity contribution >= 4 is 44.4 Å². The zero-order valence-corrected chi connectivity index (χ0v) is 15.3. The Hall–Kier alpha value is -2.39. The van der Waals surface area contributed by atoms with E-state index in [1.807, 2.05) is 31.4 Å². The molecule has 0 unspecified atom stereocenters. The third-order valence-corrected chi connectivity index (χ3v) is 4.69. The van der Waals surface area contributed by atoms with E-state index < -0.39 is 5.91 Å². The number of thiazole rings is 1. The minimum absolute atomic E-state index is 0.0714. The number of hydrogen-bond acceptors (Lipinski definition) is 7. The van der Waals surface area contributed by atoms with Crippen molar-refractivity contribution in [3.8, 4) is 5.75 Å². The Balaban J connectivity index is 1.83. The van der Waals surface area contributed by atoms with E-state index in [4.69, 9.17) is 4.74 Å². The Labute approximate surface area is 151 Å². The van der Waals surface area contributed by atoms with Crippen LogP contribution in [0.5, 0.6) is 5.75 Å². The fourth-order valence-electron chi connectivity index (χ4n) is 2.21. The molecule has 7 nitrogen and oxygen atoms in total. The van der Waals surface area contributed by atoms with Crippen molar-refractivity contribution in [2.75, 3.05) is 18.2 Å². The average Bonchev–Trinajstić information content (AvgIpc) is 2.96. The molecule has 25 heavy (non-hydrogen) atoms. The zero-order valence-electron chi connectivity index (χ0n) is 13.7. The zero-order chi connectivity index (χ0) is 17.8. The van der Waals surface area contributed by atoms with Gasteiger partial charge in [-0.1, -0.05) is 11.3 Å². The normalized spacial score (nSPS) is 10.8. The summed E-state index contributed by atoms with van der Waals surface area (Å²) in [4.78, 5) is 35.2. The molecule has 0 saturated carbocycles. The van der Waals surface area contributed by atoms with Crippen LogP contribution in [-0.4, -0.2) is 33.7 Å². The lowest BCUT2D eigenvalue weighted by Gasteiger charge is -2.03. The molecule has 0 aliphatic carbocycles. The molecule has 2 N–H and O–H groups in total. The lowest BCUT2D eigenvalue weighted by Crippen LogP contribution is -2.20. The van der Waals surface area contributed by atoms with E-state index in [0.29, 0.717) is 23.3 Å². The maximum atomic E-state index is 12.4. The number of aromatic amines is 1. The number of nitrogens with zero attached hydrogens (tertiary/aromatic N) is 2. The summed E-state index contributed by atoms with van der Waals surface area (Å²) in [5.74, 6) is 1.29. The van der Waals surface area contributed by atoms with E-state index in [1.54, 1.807) is 0 Å². The highest BCUT2D eigenvalue weighted by Crippen LogP contribution is 2.29. The van der Waals surface area contributed by atoms with Crippen LogP contribution in [0.3, 0.4) is 0 Å². The fourth-order valence-corrected chi connectivity index (χ4v) is 3.51. The summed E-state index contributed by atoms with van der Waals surface area (Å²) in [6.45, 7) is 2.50. The quantitative estimate of drug-likeness (QED) is 0.687. The Morgan fingerprint density at radius 2 is 2.20 bits per heavy atom. The first kappa shape index (κ1) is 17.4. The van der Waals surface area contributed by atoms with Crippen LogP contribution in [-0.2, 0) is 5.75 Å². The van der Waals surface area contributed by atoms with Gasteiger partial charge in [-0.2, -0.15) is 11.8 Å². The number of benzene rings is 1. The molecular formula is C16H16N4O3S2. The fraction of sp³-hybridized carbons (Fsp3) is 0.250. The molecule has 1 aromatic carbocycles. The maximum absolute atomic E-state index is 12.4. The summed E-state index contributed by atoms with van der Waals surface area (Å²) in [6, 6.07) is 6.74. The number of thioether (sulfide) groups is 1. The predicted molar refractivity (Wildman–Crippen MR) is 101 cm³/mol. The highest BCUT2D eigenvalue weighted by molar-refractivity contribution is 7.97. The molecule has 0 aliphatic heterocycles. The van der Waals surface area contributed by atoms with Crippen LogP contribution in [0, 0.1) is 0 Å². The third kappa shape index (κ3) is 4.18. The molecule has 0 atom stereocenters. The number of fused-ring (bicyclic) bond motifs is 1. The first-order chi connectivity index (χ1) is 12.1. The third-order valence-electron chi connectivity index (χ3n) is 3.20. The number of carbonyl (C=O) groups is 1. The van der Waals surface area contributed by atoms with Gasteiger partial charge in [0.05, 0.1) is 22.6 Å². The van der Waals surface area contributed by atoms with Gasteiger partial charge in [0, 0.05) is 6.07 Å². The van der Waals surface area contributed by atoms with Crippen LogP contribution in [0.2, 0.25) is 0 Å². The van der Waals surface area contributed by atoms with E-state index >= 15 is 0 Å². The lowest BCUT2D eigenvalue weighted by molar-refractivity contribution is 0.102. The summed E-state index contributed by atoms with van der Waals surface area (Å²) in [5, 5.41) is 3.15. The van der Waals surface area contributed by atoms with Crippen LogP contribution < -0.4 is 15.6 Å². The van der Waals surface area contributed by atoms with Gasteiger partial charge in [0.1, 0.15) is 17.3 Å². The molecular weight excluding hydrogens is 360 g/mol. The van der Waals surface area contributed by atoms with Gasteiger partial charge in [0.25, 0.3) is 11.5 Å². The topological polar surface area (TPSA) is 97.0 Å². The molecule has 0 aliphatic rings. The number of aromatic nitrogens is 3. The van der Waals surface area contributed by atoms with Crippen molar-refractivity contribution in [3.05, 3.63) is 46.1 Å². The summed E-state index contributed by atoms with van der Waals surface area (Å²) >= 11 is 2.85. The molecule has 0 saturated heterocycles. The Morgan fingerprint density at radius 3 is 2.96 bits per heavy atom. The predicted octanol–water partition coefficient (Wildman–Crippen LogP) is 2.89. The molecule has 0 spiro atoms. The van der Waals surface area contributed by atoms with Gasteiger partial charge in [0.2, 0.25) is 0 Å². The summed E-state index contributed by atoms with van der Waals surface area (Å²) in [5.41, 5.74) is 0.489. The Bertz CT molecular complexity index is 967. The van der Waals surface area contributed by atoms with Crippen LogP contribution in [0.4, 0.5) is 5.13 Å². The van der Waals surface area contributed by atoms with Crippen LogP contribution in [0.15, 0.2) is 29.1 Å². The van der Waals surface area contributed by atoms with Crippen LogP contribution >= 0.6 is 23.1 Å². The largest absolute Gasteiger partial charge is 0.494 e. The van der Waals surface area contributed by atoms with Crippen molar-refractivity contribution in [3.63, 3.8) is 0 Å². The van der Waals surface area contributed by atoms with Gasteiger partial charge in [-0.3, -0.25) is 14.9 Å². The second-order valence-corrected chi connectivity index (χ2v) is 6.94. The Morgan fingerprint density at radius 1 is 1.36 bits per heavy atom. The number of ether oxygens (including phenoxy) is 1. The molecule has 3 aromatic rings. The van der Waals surface area contributed by atoms with Gasteiger partial charge in [-0.15, -0.1) is 0 Å². The van der Waals surface area contributed by atoms with Crippen molar-refractivity contribution in [1.29, 1.82) is 0 Å². The monoisotopic (exact) mass is 376 g/mol. The van der Waals surface area contributed by atoms with E-state index in [9.17, 15) is 9.59 Å². The minimum atomic E-state index is -0.461. The molecule has 130 valence electrons. The Kier molecular flexibility index (Phi) is 5.34. The SMILES string of the molecule is CCOc1ccc2nc(NC(=O)c3cc(=O)[nH]c(CSC)n3)sc2c1. The number of nitrogens with one attached hydrogen (secondary N) is 2. The van der Waals surface area contributed by atoms with Gasteiger partial charge in [0.15, 0.2) is 5.13 Å². The number of H-pyrrole nitrogens is 1.